The molecule has 22 heavy (non-hydrogen) atoms. The Morgan fingerprint density at radius 2 is 1.64 bits per heavy atom. The van der Waals surface area contributed by atoms with Gasteiger partial charge in [0.1, 0.15) is 0 Å². The number of nitriles is 1. The Labute approximate surface area is 133 Å². The van der Waals surface area contributed by atoms with Gasteiger partial charge in [-0.1, -0.05) is 72.4 Å². The Morgan fingerprint density at radius 1 is 1.05 bits per heavy atom. The molecule has 0 bridgehead atoms. The van der Waals surface area contributed by atoms with Crippen LogP contribution in [0, 0.1) is 11.3 Å². The van der Waals surface area contributed by atoms with E-state index < -0.39 is 0 Å². The largest absolute Gasteiger partial charge is 0.393 e. The smallest absolute Gasteiger partial charge is 0.177 e. The van der Waals surface area contributed by atoms with Crippen molar-refractivity contribution in [2.75, 3.05) is 0 Å². The molecular formula is C18H14N2OS. The van der Waals surface area contributed by atoms with Crippen LogP contribution >= 0.6 is 11.8 Å². The summed E-state index contributed by atoms with van der Waals surface area (Å²) in [6, 6.07) is 20.9. The number of rotatable bonds is 3. The molecule has 2 aromatic rings. The number of carbonyl (C=O) groups is 1. The number of allylic oxidation sites excluding steroid dienone is 1. The Balaban J connectivity index is 2.02. The molecule has 0 saturated heterocycles. The predicted octanol–water partition coefficient (Wildman–Crippen LogP) is 3.46. The zero-order valence-corrected chi connectivity index (χ0v) is 12.6. The van der Waals surface area contributed by atoms with Crippen molar-refractivity contribution in [3.8, 4) is 6.07 Å². The maximum absolute atomic E-state index is 12.8. The molecule has 0 amide bonds. The molecule has 108 valence electrons. The van der Waals surface area contributed by atoms with E-state index in [1.54, 1.807) is 12.1 Å². The van der Waals surface area contributed by atoms with E-state index in [-0.39, 0.29) is 17.0 Å². The highest BCUT2D eigenvalue weighted by Crippen LogP contribution is 2.46. The molecule has 1 aliphatic heterocycles. The predicted molar refractivity (Wildman–Crippen MR) is 88.2 cm³/mol. The summed E-state index contributed by atoms with van der Waals surface area (Å²) in [5.74, 6) is -0.281. The molecule has 0 radical (unpaired) electrons. The standard InChI is InChI=1S/C18H14N2OS/c19-11-14-15(12-7-3-1-4-8-12)17(22-18(14)20)16(21)13-9-5-2-6-10-13/h1-10,15,17H,20H2/t15-,17-/m0/s1. The van der Waals surface area contributed by atoms with E-state index in [4.69, 9.17) is 5.73 Å². The van der Waals surface area contributed by atoms with Gasteiger partial charge >= 0.3 is 0 Å². The van der Waals surface area contributed by atoms with Gasteiger partial charge in [0, 0.05) is 11.5 Å². The first kappa shape index (κ1) is 14.4. The first-order valence-electron chi connectivity index (χ1n) is 6.93. The summed E-state index contributed by atoms with van der Waals surface area (Å²) in [4.78, 5) is 12.8. The number of Topliss-reactive ketones (excluding diaryl/α,β-unsaturated/α-hetero) is 1. The van der Waals surface area contributed by atoms with E-state index in [1.165, 1.54) is 11.8 Å². The summed E-state index contributed by atoms with van der Waals surface area (Å²) in [5, 5.41) is 9.49. The van der Waals surface area contributed by atoms with Crippen LogP contribution in [0.25, 0.3) is 0 Å². The molecule has 3 nitrogen and oxygen atoms in total. The van der Waals surface area contributed by atoms with Crippen LogP contribution in [0.5, 0.6) is 0 Å². The van der Waals surface area contributed by atoms with E-state index in [0.29, 0.717) is 16.2 Å². The molecule has 0 spiro atoms. The molecule has 2 N–H and O–H groups in total. The third-order valence-corrected chi connectivity index (χ3v) is 4.94. The number of thioether (sulfide) groups is 1. The van der Waals surface area contributed by atoms with Gasteiger partial charge in [0.25, 0.3) is 0 Å². The molecule has 0 fully saturated rings. The van der Waals surface area contributed by atoms with Gasteiger partial charge in [0.05, 0.1) is 21.9 Å². The summed E-state index contributed by atoms with van der Waals surface area (Å²) in [6.45, 7) is 0. The summed E-state index contributed by atoms with van der Waals surface area (Å²) in [7, 11) is 0. The van der Waals surface area contributed by atoms with Crippen molar-refractivity contribution < 1.29 is 4.79 Å². The van der Waals surface area contributed by atoms with Crippen LogP contribution in [0.3, 0.4) is 0 Å². The minimum absolute atomic E-state index is 0.00709. The average Bonchev–Trinajstić information content (AvgIpc) is 2.92. The van der Waals surface area contributed by atoms with Crippen LogP contribution in [0.2, 0.25) is 0 Å². The number of hydrogen-bond donors (Lipinski definition) is 1. The lowest BCUT2D eigenvalue weighted by Gasteiger charge is -2.19. The highest BCUT2D eigenvalue weighted by atomic mass is 32.2. The van der Waals surface area contributed by atoms with Crippen LogP contribution in [0.15, 0.2) is 71.3 Å². The van der Waals surface area contributed by atoms with E-state index in [2.05, 4.69) is 6.07 Å². The molecule has 2 atom stereocenters. The van der Waals surface area contributed by atoms with Crippen molar-refractivity contribution >= 4 is 17.5 Å². The van der Waals surface area contributed by atoms with Gasteiger partial charge in [-0.3, -0.25) is 4.79 Å². The van der Waals surface area contributed by atoms with Crippen molar-refractivity contribution in [1.82, 2.24) is 0 Å². The minimum atomic E-state index is -0.389. The molecule has 0 unspecified atom stereocenters. The molecule has 4 heteroatoms. The Bertz CT molecular complexity index is 763. The number of ketones is 1. The second-order valence-electron chi connectivity index (χ2n) is 5.05. The van der Waals surface area contributed by atoms with Gasteiger partial charge < -0.3 is 5.73 Å². The first-order valence-corrected chi connectivity index (χ1v) is 7.81. The van der Waals surface area contributed by atoms with Crippen molar-refractivity contribution in [2.45, 2.75) is 11.2 Å². The third-order valence-electron chi connectivity index (χ3n) is 3.73. The topological polar surface area (TPSA) is 66.9 Å². The highest BCUT2D eigenvalue weighted by Gasteiger charge is 2.40. The van der Waals surface area contributed by atoms with Crippen LogP contribution in [0.1, 0.15) is 21.8 Å². The van der Waals surface area contributed by atoms with Crippen molar-refractivity contribution in [2.24, 2.45) is 5.73 Å². The van der Waals surface area contributed by atoms with Gasteiger partial charge in [-0.05, 0) is 5.56 Å². The monoisotopic (exact) mass is 306 g/mol. The maximum atomic E-state index is 12.8. The number of benzene rings is 2. The average molecular weight is 306 g/mol. The Morgan fingerprint density at radius 3 is 2.23 bits per heavy atom. The molecule has 0 aliphatic carbocycles. The molecule has 2 aromatic carbocycles. The van der Waals surface area contributed by atoms with Gasteiger partial charge in [-0.25, -0.2) is 0 Å². The van der Waals surface area contributed by atoms with E-state index >= 15 is 0 Å². The maximum Gasteiger partial charge on any atom is 0.177 e. The molecular weight excluding hydrogens is 292 g/mol. The lowest BCUT2D eigenvalue weighted by molar-refractivity contribution is 0.0985. The summed E-state index contributed by atoms with van der Waals surface area (Å²) < 4.78 is 0. The van der Waals surface area contributed by atoms with E-state index in [0.717, 1.165) is 5.56 Å². The summed E-state index contributed by atoms with van der Waals surface area (Å²) in [6.07, 6.45) is 0. The van der Waals surface area contributed by atoms with Crippen molar-refractivity contribution in [3.05, 3.63) is 82.4 Å². The lowest BCUT2D eigenvalue weighted by Crippen LogP contribution is -2.23. The minimum Gasteiger partial charge on any atom is -0.393 e. The fourth-order valence-corrected chi connectivity index (χ4v) is 3.92. The van der Waals surface area contributed by atoms with Gasteiger partial charge in [0.15, 0.2) is 5.78 Å². The van der Waals surface area contributed by atoms with Crippen LogP contribution in [-0.4, -0.2) is 11.0 Å². The summed E-state index contributed by atoms with van der Waals surface area (Å²) in [5.41, 5.74) is 8.07. The number of hydrogen-bond acceptors (Lipinski definition) is 4. The molecule has 1 heterocycles. The molecule has 0 saturated carbocycles. The highest BCUT2D eigenvalue weighted by molar-refractivity contribution is 8.04. The Kier molecular flexibility index (Phi) is 3.99. The molecule has 0 aromatic heterocycles. The van der Waals surface area contributed by atoms with Crippen molar-refractivity contribution in [1.29, 1.82) is 5.26 Å². The Hall–Kier alpha value is -2.51. The number of carbonyl (C=O) groups excluding carboxylic acids is 1. The number of nitrogens with zero attached hydrogens (tertiary/aromatic N) is 1. The molecule has 3 rings (SSSR count). The number of nitrogens with two attached hydrogens (primary N) is 1. The molecule has 1 aliphatic rings. The fraction of sp³-hybridized carbons (Fsp3) is 0.111. The van der Waals surface area contributed by atoms with Crippen LogP contribution < -0.4 is 5.73 Å². The second kappa shape index (κ2) is 6.08. The van der Waals surface area contributed by atoms with E-state index in [1.807, 2.05) is 48.5 Å². The zero-order chi connectivity index (χ0) is 15.5. The quantitative estimate of drug-likeness (QED) is 0.882. The zero-order valence-electron chi connectivity index (χ0n) is 11.8. The van der Waals surface area contributed by atoms with Gasteiger partial charge in [0.2, 0.25) is 0 Å². The SMILES string of the molecule is N#CC1=C(N)S[C@H](C(=O)c2ccccc2)[C@H]1c1ccccc1. The third kappa shape index (κ3) is 2.51. The van der Waals surface area contributed by atoms with Gasteiger partial charge in [-0.15, -0.1) is 0 Å². The first-order chi connectivity index (χ1) is 10.7. The van der Waals surface area contributed by atoms with Crippen LogP contribution in [-0.2, 0) is 0 Å². The van der Waals surface area contributed by atoms with Crippen LogP contribution in [0.4, 0.5) is 0 Å². The summed E-state index contributed by atoms with van der Waals surface area (Å²) >= 11 is 1.29. The lowest BCUT2D eigenvalue weighted by atomic mass is 9.86. The van der Waals surface area contributed by atoms with Gasteiger partial charge in [-0.2, -0.15) is 5.26 Å². The fourth-order valence-electron chi connectivity index (χ4n) is 2.67. The normalized spacial score (nSPS) is 20.7. The van der Waals surface area contributed by atoms with E-state index in [9.17, 15) is 10.1 Å². The second-order valence-corrected chi connectivity index (χ2v) is 6.23. The van der Waals surface area contributed by atoms with Crippen molar-refractivity contribution in [3.63, 3.8) is 0 Å².